The van der Waals surface area contributed by atoms with Crippen molar-refractivity contribution in [3.63, 3.8) is 0 Å². The Bertz CT molecular complexity index is 430. The summed E-state index contributed by atoms with van der Waals surface area (Å²) >= 11 is 0. The number of carbonyl (C=O) groups excluding carboxylic acids is 1. The Balaban J connectivity index is 2.75. The number of nitrogens with one attached hydrogen (secondary N) is 1. The zero-order chi connectivity index (χ0) is 15.8. The lowest BCUT2D eigenvalue weighted by Crippen LogP contribution is -2.34. The summed E-state index contributed by atoms with van der Waals surface area (Å²) in [7, 11) is 5.39. The monoisotopic (exact) mass is 294 g/mol. The Kier molecular flexibility index (Phi) is 7.19. The van der Waals surface area contributed by atoms with E-state index < -0.39 is 6.04 Å². The molecule has 0 bridgehead atoms. The lowest BCUT2D eigenvalue weighted by atomic mass is 10.1. The fourth-order valence-corrected chi connectivity index (χ4v) is 1.90. The van der Waals surface area contributed by atoms with Gasteiger partial charge in [-0.1, -0.05) is 12.1 Å². The van der Waals surface area contributed by atoms with Crippen molar-refractivity contribution in [2.75, 3.05) is 34.3 Å². The van der Waals surface area contributed by atoms with Gasteiger partial charge in [-0.3, -0.25) is 5.32 Å². The van der Waals surface area contributed by atoms with Gasteiger partial charge in [-0.25, -0.2) is 4.79 Å². The molecular formula is C16H26N2O3. The van der Waals surface area contributed by atoms with Crippen molar-refractivity contribution in [3.05, 3.63) is 29.8 Å². The van der Waals surface area contributed by atoms with Crippen LogP contribution in [0.2, 0.25) is 0 Å². The van der Waals surface area contributed by atoms with E-state index in [2.05, 4.69) is 10.2 Å². The molecule has 5 nitrogen and oxygen atoms in total. The Morgan fingerprint density at radius 2 is 1.86 bits per heavy atom. The third-order valence-corrected chi connectivity index (χ3v) is 2.93. The van der Waals surface area contributed by atoms with Crippen LogP contribution in [0.5, 0.6) is 5.75 Å². The van der Waals surface area contributed by atoms with Crippen LogP contribution in [0.15, 0.2) is 24.3 Å². The summed E-state index contributed by atoms with van der Waals surface area (Å²) in [5.41, 5.74) is 0.872. The Morgan fingerprint density at radius 3 is 2.33 bits per heavy atom. The van der Waals surface area contributed by atoms with Crippen LogP contribution in [0.4, 0.5) is 0 Å². The Hall–Kier alpha value is -1.59. The second kappa shape index (κ2) is 8.64. The van der Waals surface area contributed by atoms with E-state index in [4.69, 9.17) is 9.47 Å². The highest BCUT2D eigenvalue weighted by molar-refractivity contribution is 5.77. The van der Waals surface area contributed by atoms with Gasteiger partial charge in [-0.15, -0.1) is 0 Å². The van der Waals surface area contributed by atoms with Crippen LogP contribution in [0.25, 0.3) is 0 Å². The molecule has 0 aliphatic carbocycles. The summed E-state index contributed by atoms with van der Waals surface area (Å²) in [6.45, 7) is 5.51. The first-order chi connectivity index (χ1) is 9.93. The molecule has 21 heavy (non-hydrogen) atoms. The van der Waals surface area contributed by atoms with Gasteiger partial charge in [-0.2, -0.15) is 0 Å². The van der Waals surface area contributed by atoms with E-state index in [-0.39, 0.29) is 12.1 Å². The molecule has 0 saturated heterocycles. The fourth-order valence-electron chi connectivity index (χ4n) is 1.90. The largest absolute Gasteiger partial charge is 0.491 e. The van der Waals surface area contributed by atoms with E-state index in [1.54, 1.807) is 0 Å². The van der Waals surface area contributed by atoms with Crippen LogP contribution in [-0.2, 0) is 9.53 Å². The molecule has 1 unspecified atom stereocenters. The second-order valence-electron chi connectivity index (χ2n) is 5.45. The summed E-state index contributed by atoms with van der Waals surface area (Å²) in [5.74, 6) is 0.511. The molecule has 0 fully saturated rings. The van der Waals surface area contributed by atoms with E-state index >= 15 is 0 Å². The van der Waals surface area contributed by atoms with Crippen molar-refractivity contribution in [1.82, 2.24) is 10.2 Å². The SMILES string of the molecule is COC(=O)C(NCCN(C)C)c1ccc(OC(C)C)cc1. The maximum absolute atomic E-state index is 11.9. The molecule has 0 heterocycles. The normalized spacial score (nSPS) is 12.5. The van der Waals surface area contributed by atoms with E-state index in [0.717, 1.165) is 17.9 Å². The van der Waals surface area contributed by atoms with Crippen LogP contribution in [0.1, 0.15) is 25.5 Å². The lowest BCUT2D eigenvalue weighted by molar-refractivity contribution is -0.143. The van der Waals surface area contributed by atoms with Crippen LogP contribution < -0.4 is 10.1 Å². The van der Waals surface area contributed by atoms with Gasteiger partial charge < -0.3 is 14.4 Å². The molecule has 1 rings (SSSR count). The van der Waals surface area contributed by atoms with Crippen molar-refractivity contribution < 1.29 is 14.3 Å². The topological polar surface area (TPSA) is 50.8 Å². The molecule has 0 amide bonds. The highest BCUT2D eigenvalue weighted by Crippen LogP contribution is 2.19. The number of esters is 1. The van der Waals surface area contributed by atoms with Gasteiger partial charge in [0.15, 0.2) is 0 Å². The number of hydrogen-bond donors (Lipinski definition) is 1. The quantitative estimate of drug-likeness (QED) is 0.741. The van der Waals surface area contributed by atoms with Crippen molar-refractivity contribution in [2.24, 2.45) is 0 Å². The van der Waals surface area contributed by atoms with E-state index in [0.29, 0.717) is 6.54 Å². The van der Waals surface area contributed by atoms with Crippen LogP contribution in [-0.4, -0.2) is 51.3 Å². The fraction of sp³-hybridized carbons (Fsp3) is 0.562. The molecule has 118 valence electrons. The van der Waals surface area contributed by atoms with Crippen molar-refractivity contribution >= 4 is 5.97 Å². The van der Waals surface area contributed by atoms with Gasteiger partial charge >= 0.3 is 5.97 Å². The third kappa shape index (κ3) is 6.14. The lowest BCUT2D eigenvalue weighted by Gasteiger charge is -2.19. The summed E-state index contributed by atoms with van der Waals surface area (Å²) in [5, 5.41) is 3.22. The first kappa shape index (κ1) is 17.5. The third-order valence-electron chi connectivity index (χ3n) is 2.93. The highest BCUT2D eigenvalue weighted by Gasteiger charge is 2.20. The van der Waals surface area contributed by atoms with Crippen molar-refractivity contribution in [3.8, 4) is 5.75 Å². The minimum Gasteiger partial charge on any atom is -0.491 e. The zero-order valence-corrected chi connectivity index (χ0v) is 13.6. The molecule has 0 spiro atoms. The summed E-state index contributed by atoms with van der Waals surface area (Å²) in [6.07, 6.45) is 0.130. The average molecular weight is 294 g/mol. The van der Waals surface area contributed by atoms with Crippen LogP contribution >= 0.6 is 0 Å². The molecule has 0 aromatic heterocycles. The number of ether oxygens (including phenoxy) is 2. The second-order valence-corrected chi connectivity index (χ2v) is 5.45. The molecule has 0 saturated carbocycles. The van der Waals surface area contributed by atoms with Gasteiger partial charge in [0.25, 0.3) is 0 Å². The molecule has 1 aromatic carbocycles. The smallest absolute Gasteiger partial charge is 0.327 e. The summed E-state index contributed by atoms with van der Waals surface area (Å²) in [6, 6.07) is 7.07. The zero-order valence-electron chi connectivity index (χ0n) is 13.6. The maximum atomic E-state index is 11.9. The molecule has 0 radical (unpaired) electrons. The van der Waals surface area contributed by atoms with Gasteiger partial charge in [0.2, 0.25) is 0 Å². The highest BCUT2D eigenvalue weighted by atomic mass is 16.5. The molecule has 0 aliphatic rings. The van der Waals surface area contributed by atoms with Crippen molar-refractivity contribution in [2.45, 2.75) is 26.0 Å². The minimum absolute atomic E-state index is 0.130. The maximum Gasteiger partial charge on any atom is 0.327 e. The predicted octanol–water partition coefficient (Wildman–Crippen LogP) is 1.84. The van der Waals surface area contributed by atoms with Gasteiger partial charge in [-0.05, 0) is 45.6 Å². The molecule has 5 heteroatoms. The van der Waals surface area contributed by atoms with E-state index in [1.807, 2.05) is 52.2 Å². The summed E-state index contributed by atoms with van der Waals surface area (Å²) < 4.78 is 10.5. The van der Waals surface area contributed by atoms with Crippen LogP contribution in [0, 0.1) is 0 Å². The van der Waals surface area contributed by atoms with Crippen LogP contribution in [0.3, 0.4) is 0 Å². The molecule has 0 aliphatic heterocycles. The number of nitrogens with zero attached hydrogens (tertiary/aromatic N) is 1. The van der Waals surface area contributed by atoms with Gasteiger partial charge in [0.05, 0.1) is 13.2 Å². The number of likely N-dealkylation sites (N-methyl/N-ethyl adjacent to an activating group) is 1. The number of carbonyl (C=O) groups is 1. The Labute approximate surface area is 127 Å². The number of benzene rings is 1. The number of methoxy groups -OCH3 is 1. The number of rotatable bonds is 8. The molecular weight excluding hydrogens is 268 g/mol. The first-order valence-electron chi connectivity index (χ1n) is 7.16. The Morgan fingerprint density at radius 1 is 1.24 bits per heavy atom. The van der Waals surface area contributed by atoms with E-state index in [1.165, 1.54) is 7.11 Å². The predicted molar refractivity (Wildman–Crippen MR) is 83.5 cm³/mol. The molecule has 1 aromatic rings. The number of hydrogen-bond acceptors (Lipinski definition) is 5. The standard InChI is InChI=1S/C16H26N2O3/c1-12(2)21-14-8-6-13(7-9-14)15(16(19)20-5)17-10-11-18(3)4/h6-9,12,15,17H,10-11H2,1-5H3. The van der Waals surface area contributed by atoms with Gasteiger partial charge in [0.1, 0.15) is 11.8 Å². The average Bonchev–Trinajstić information content (AvgIpc) is 2.43. The minimum atomic E-state index is -0.456. The van der Waals surface area contributed by atoms with Crippen molar-refractivity contribution in [1.29, 1.82) is 0 Å². The molecule has 1 N–H and O–H groups in total. The molecule has 1 atom stereocenters. The summed E-state index contributed by atoms with van der Waals surface area (Å²) in [4.78, 5) is 14.0. The van der Waals surface area contributed by atoms with Gasteiger partial charge in [0, 0.05) is 13.1 Å². The first-order valence-corrected chi connectivity index (χ1v) is 7.16. The van der Waals surface area contributed by atoms with E-state index in [9.17, 15) is 4.79 Å².